The molecule has 0 atom stereocenters. The number of hydrogen-bond acceptors (Lipinski definition) is 2. The predicted molar refractivity (Wildman–Crippen MR) is 123 cm³/mol. The summed E-state index contributed by atoms with van der Waals surface area (Å²) in [5, 5.41) is 1.16. The maximum absolute atomic E-state index is 6.08. The lowest BCUT2D eigenvalue weighted by Crippen LogP contribution is -2.40. The van der Waals surface area contributed by atoms with E-state index in [1.165, 1.54) is 5.56 Å². The molecule has 0 fully saturated rings. The molecule has 0 radical (unpaired) electrons. The van der Waals surface area contributed by atoms with Crippen molar-refractivity contribution in [3.05, 3.63) is 69.7 Å². The minimum Gasteiger partial charge on any atom is -0.412 e. The number of hydrogen-bond donors (Lipinski definition) is 0. The average molecular weight is 477 g/mol. The molecule has 0 spiro atoms. The summed E-state index contributed by atoms with van der Waals surface area (Å²) in [6.07, 6.45) is 0. The topological polar surface area (TPSA) is 75.5 Å². The Morgan fingerprint density at radius 2 is 1.50 bits per heavy atom. The molecule has 28 heavy (non-hydrogen) atoms. The van der Waals surface area contributed by atoms with E-state index in [1.54, 1.807) is 0 Å². The first-order valence-electron chi connectivity index (χ1n) is 8.00. The van der Waals surface area contributed by atoms with Crippen molar-refractivity contribution >= 4 is 48.0 Å². The summed E-state index contributed by atoms with van der Waals surface area (Å²) >= 11 is 12.0. The normalized spacial score (nSPS) is 10.2. The minimum absolute atomic E-state index is 0. The number of quaternary nitrogens is 1. The van der Waals surface area contributed by atoms with E-state index in [0.29, 0.717) is 21.3 Å². The molecule has 0 aliphatic carbocycles. The standard InChI is InChI=1S/C19H25Cl2N2O.2ClH.2H2O/c1-22(14-16-7-5-4-6-8-16)11-12-24-23(2,3)15-17-9-10-18(20)19(21)13-17;;;;/h4-10,13H,11-12,14-15H2,1-3H3;2*1H;2*1H2/q+1;;;;. The van der Waals surface area contributed by atoms with Gasteiger partial charge in [0.05, 0.1) is 24.1 Å². The smallest absolute Gasteiger partial charge is 0.134 e. The highest BCUT2D eigenvalue weighted by atomic mass is 35.5. The fourth-order valence-corrected chi connectivity index (χ4v) is 2.86. The van der Waals surface area contributed by atoms with Crippen LogP contribution in [0.1, 0.15) is 11.1 Å². The Balaban J connectivity index is -0.00000156. The van der Waals surface area contributed by atoms with E-state index < -0.39 is 0 Å². The van der Waals surface area contributed by atoms with Crippen LogP contribution in [0.2, 0.25) is 10.0 Å². The second-order valence-corrected chi connectivity index (χ2v) is 7.35. The molecule has 2 aromatic rings. The first kappa shape index (κ1) is 32.1. The maximum atomic E-state index is 6.08. The molecule has 9 heteroatoms. The highest BCUT2D eigenvalue weighted by Gasteiger charge is 2.18. The van der Waals surface area contributed by atoms with Gasteiger partial charge in [0.1, 0.15) is 13.2 Å². The molecule has 162 valence electrons. The Bertz CT molecular complexity index is 661. The lowest BCUT2D eigenvalue weighted by molar-refractivity contribution is -1.09. The van der Waals surface area contributed by atoms with Crippen molar-refractivity contribution in [2.75, 3.05) is 34.3 Å². The molecule has 2 rings (SSSR count). The van der Waals surface area contributed by atoms with Crippen LogP contribution in [0.25, 0.3) is 0 Å². The lowest BCUT2D eigenvalue weighted by atomic mass is 10.2. The quantitative estimate of drug-likeness (QED) is 0.428. The van der Waals surface area contributed by atoms with E-state index in [1.807, 2.05) is 38.4 Å². The van der Waals surface area contributed by atoms with E-state index >= 15 is 0 Å². The van der Waals surface area contributed by atoms with Crippen molar-refractivity contribution in [1.82, 2.24) is 4.90 Å². The van der Waals surface area contributed by atoms with Crippen molar-refractivity contribution in [1.29, 1.82) is 0 Å². The minimum atomic E-state index is 0. The van der Waals surface area contributed by atoms with Crippen molar-refractivity contribution in [3.63, 3.8) is 0 Å². The van der Waals surface area contributed by atoms with Gasteiger partial charge in [0, 0.05) is 18.7 Å². The fourth-order valence-electron chi connectivity index (χ4n) is 2.54. The second-order valence-electron chi connectivity index (χ2n) is 6.54. The summed E-state index contributed by atoms with van der Waals surface area (Å²) < 4.78 is 0.442. The molecule has 0 bridgehead atoms. The highest BCUT2D eigenvalue weighted by Crippen LogP contribution is 2.24. The highest BCUT2D eigenvalue weighted by molar-refractivity contribution is 6.42. The number of nitrogens with zero attached hydrogens (tertiary/aromatic N) is 2. The Morgan fingerprint density at radius 1 is 0.893 bits per heavy atom. The number of hydroxylamine groups is 3. The second kappa shape index (κ2) is 15.3. The van der Waals surface area contributed by atoms with Gasteiger partial charge in [-0.25, -0.2) is 4.84 Å². The predicted octanol–water partition coefficient (Wildman–Crippen LogP) is 3.83. The van der Waals surface area contributed by atoms with Crippen molar-refractivity contribution in [2.24, 2.45) is 0 Å². The van der Waals surface area contributed by atoms with E-state index in [-0.39, 0.29) is 35.8 Å². The van der Waals surface area contributed by atoms with Gasteiger partial charge >= 0.3 is 0 Å². The Hall–Kier alpha value is -0.600. The van der Waals surface area contributed by atoms with Crippen LogP contribution in [-0.2, 0) is 17.9 Å². The molecule has 2 aromatic carbocycles. The van der Waals surface area contributed by atoms with Crippen LogP contribution in [0.5, 0.6) is 0 Å². The zero-order valence-electron chi connectivity index (χ0n) is 16.3. The third-order valence-corrected chi connectivity index (χ3v) is 4.50. The SMILES string of the molecule is CN(CCO[N+](C)(C)Cc1ccc(Cl)c(Cl)c1)Cc1ccccc1.Cl.Cl.O.O. The summed E-state index contributed by atoms with van der Waals surface area (Å²) in [7, 11) is 6.19. The lowest BCUT2D eigenvalue weighted by Gasteiger charge is -2.28. The zero-order chi connectivity index (χ0) is 17.6. The number of rotatable bonds is 8. The Kier molecular flexibility index (Phi) is 17.5. The molecule has 4 N–H and O–H groups in total. The van der Waals surface area contributed by atoms with Gasteiger partial charge in [-0.15, -0.1) is 24.8 Å². The van der Waals surface area contributed by atoms with Crippen LogP contribution < -0.4 is 0 Å². The third-order valence-electron chi connectivity index (χ3n) is 3.76. The molecule has 0 saturated heterocycles. The third kappa shape index (κ3) is 11.4. The van der Waals surface area contributed by atoms with Crippen molar-refractivity contribution < 1.29 is 20.4 Å². The van der Waals surface area contributed by atoms with Crippen LogP contribution in [0.15, 0.2) is 48.5 Å². The molecular formula is C19H31Cl4N2O3+. The first-order chi connectivity index (χ1) is 11.4. The molecule has 0 heterocycles. The molecule has 0 unspecified atom stereocenters. The largest absolute Gasteiger partial charge is 0.412 e. The fraction of sp³-hybridized carbons (Fsp3) is 0.368. The summed E-state index contributed by atoms with van der Waals surface area (Å²) in [5.41, 5.74) is 2.41. The molecule has 0 aliphatic rings. The van der Waals surface area contributed by atoms with Gasteiger partial charge in [0.15, 0.2) is 0 Å². The van der Waals surface area contributed by atoms with Crippen LogP contribution in [0, 0.1) is 0 Å². The Labute approximate surface area is 190 Å². The summed E-state index contributed by atoms with van der Waals surface area (Å²) in [6.45, 7) is 3.19. The average Bonchev–Trinajstić information content (AvgIpc) is 2.51. The molecule has 0 aliphatic heterocycles. The molecule has 0 saturated carbocycles. The number of benzene rings is 2. The number of likely N-dealkylation sites (N-methyl/N-ethyl adjacent to an activating group) is 1. The van der Waals surface area contributed by atoms with Crippen LogP contribution in [0.4, 0.5) is 0 Å². The summed E-state index contributed by atoms with van der Waals surface area (Å²) in [5.74, 6) is 0. The van der Waals surface area contributed by atoms with Gasteiger partial charge in [-0.05, 0) is 24.7 Å². The van der Waals surface area contributed by atoms with Gasteiger partial charge in [0.25, 0.3) is 0 Å². The van der Waals surface area contributed by atoms with Gasteiger partial charge in [-0.3, -0.25) is 4.90 Å². The van der Waals surface area contributed by atoms with E-state index in [4.69, 9.17) is 28.0 Å². The van der Waals surface area contributed by atoms with E-state index in [2.05, 4.69) is 36.2 Å². The maximum Gasteiger partial charge on any atom is 0.134 e. The Morgan fingerprint density at radius 3 is 2.07 bits per heavy atom. The van der Waals surface area contributed by atoms with Crippen LogP contribution in [0.3, 0.4) is 0 Å². The molecule has 0 amide bonds. The van der Waals surface area contributed by atoms with Gasteiger partial charge in [-0.1, -0.05) is 59.6 Å². The molecule has 5 nitrogen and oxygen atoms in total. The summed E-state index contributed by atoms with van der Waals surface area (Å²) in [4.78, 5) is 8.29. The van der Waals surface area contributed by atoms with Gasteiger partial charge in [-0.2, -0.15) is 4.65 Å². The van der Waals surface area contributed by atoms with Gasteiger partial charge < -0.3 is 11.0 Å². The van der Waals surface area contributed by atoms with E-state index in [9.17, 15) is 0 Å². The zero-order valence-corrected chi connectivity index (χ0v) is 19.5. The van der Waals surface area contributed by atoms with E-state index in [0.717, 1.165) is 25.2 Å². The molecular weight excluding hydrogens is 446 g/mol. The van der Waals surface area contributed by atoms with Crippen molar-refractivity contribution in [2.45, 2.75) is 13.1 Å². The molecule has 0 aromatic heterocycles. The first-order valence-corrected chi connectivity index (χ1v) is 8.75. The van der Waals surface area contributed by atoms with Gasteiger partial charge in [0.2, 0.25) is 0 Å². The monoisotopic (exact) mass is 475 g/mol. The summed E-state index contributed by atoms with van der Waals surface area (Å²) in [6, 6.07) is 16.2. The number of halogens is 4. The van der Waals surface area contributed by atoms with Crippen molar-refractivity contribution in [3.8, 4) is 0 Å². The van der Waals surface area contributed by atoms with Crippen LogP contribution >= 0.6 is 48.0 Å². The van der Waals surface area contributed by atoms with Crippen LogP contribution in [-0.4, -0.2) is 54.8 Å².